The molecule has 2 aliphatic rings. The number of hydrogen-bond donors (Lipinski definition) is 1. The van der Waals surface area contributed by atoms with E-state index in [4.69, 9.17) is 18.0 Å². The fourth-order valence-corrected chi connectivity index (χ4v) is 2.54. The molecule has 2 saturated heterocycles. The highest BCUT2D eigenvalue weighted by atomic mass is 32.1. The maximum absolute atomic E-state index is 11.9. The van der Waals surface area contributed by atoms with E-state index in [1.807, 2.05) is 4.90 Å². The Labute approximate surface area is 89.0 Å². The minimum atomic E-state index is 0.0419. The van der Waals surface area contributed by atoms with E-state index in [-0.39, 0.29) is 11.9 Å². The molecule has 5 heteroatoms. The van der Waals surface area contributed by atoms with Crippen LogP contribution in [0.4, 0.5) is 0 Å². The van der Waals surface area contributed by atoms with E-state index in [0.29, 0.717) is 18.2 Å². The zero-order valence-electron chi connectivity index (χ0n) is 8.11. The second-order valence-corrected chi connectivity index (χ2v) is 4.13. The minimum absolute atomic E-state index is 0.0419. The van der Waals surface area contributed by atoms with E-state index in [2.05, 4.69) is 0 Å². The first kappa shape index (κ1) is 9.86. The summed E-state index contributed by atoms with van der Waals surface area (Å²) in [5.41, 5.74) is 5.42. The van der Waals surface area contributed by atoms with Crippen LogP contribution in [0.3, 0.4) is 0 Å². The van der Waals surface area contributed by atoms with Crippen molar-refractivity contribution >= 4 is 23.2 Å². The zero-order chi connectivity index (χ0) is 10.1. The van der Waals surface area contributed by atoms with Gasteiger partial charge in [-0.25, -0.2) is 0 Å². The predicted octanol–water partition coefficient (Wildman–Crippen LogP) is -0.0733. The maximum atomic E-state index is 11.9. The maximum Gasteiger partial charge on any atom is 0.251 e. The zero-order valence-corrected chi connectivity index (χ0v) is 8.92. The molecule has 0 spiro atoms. The molecule has 2 aliphatic heterocycles. The average molecular weight is 213 g/mol. The molecule has 78 valence electrons. The van der Waals surface area contributed by atoms with Gasteiger partial charge in [0.25, 0.3) is 5.91 Å². The molecule has 0 radical (unpaired) electrons. The van der Waals surface area contributed by atoms with Gasteiger partial charge in [0.2, 0.25) is 0 Å². The molecule has 14 heavy (non-hydrogen) atoms. The number of thiocarbonyl (C=S) groups is 1. The standard InChI is InChI=1S/C9H15N3OS/c10-4-2-6-12-8(13)7-3-1-5-11(7)9(12)14/h7H,1-6,10H2. The van der Waals surface area contributed by atoms with E-state index < -0.39 is 0 Å². The van der Waals surface area contributed by atoms with Crippen molar-refractivity contribution in [3.05, 3.63) is 0 Å². The first-order chi connectivity index (χ1) is 6.75. The number of carbonyl (C=O) groups excluding carboxylic acids is 1. The smallest absolute Gasteiger partial charge is 0.251 e. The monoisotopic (exact) mass is 213 g/mol. The van der Waals surface area contributed by atoms with Crippen LogP contribution in [0.1, 0.15) is 19.3 Å². The van der Waals surface area contributed by atoms with Gasteiger partial charge in [-0.3, -0.25) is 9.69 Å². The summed E-state index contributed by atoms with van der Waals surface area (Å²) in [5, 5.41) is 0.714. The van der Waals surface area contributed by atoms with Gasteiger partial charge in [0.15, 0.2) is 5.11 Å². The van der Waals surface area contributed by atoms with Crippen molar-refractivity contribution in [3.63, 3.8) is 0 Å². The molecule has 2 rings (SSSR count). The highest BCUT2D eigenvalue weighted by Crippen LogP contribution is 2.27. The van der Waals surface area contributed by atoms with Crippen molar-refractivity contribution < 1.29 is 4.79 Å². The lowest BCUT2D eigenvalue weighted by Gasteiger charge is -2.18. The Hall–Kier alpha value is -0.680. The normalized spacial score (nSPS) is 26.2. The molecule has 2 heterocycles. The van der Waals surface area contributed by atoms with Crippen LogP contribution in [0.25, 0.3) is 0 Å². The van der Waals surface area contributed by atoms with Crippen LogP contribution < -0.4 is 5.73 Å². The molecule has 0 bridgehead atoms. The van der Waals surface area contributed by atoms with Crippen molar-refractivity contribution in [1.29, 1.82) is 0 Å². The fraction of sp³-hybridized carbons (Fsp3) is 0.778. The third kappa shape index (κ3) is 1.40. The van der Waals surface area contributed by atoms with Crippen LogP contribution >= 0.6 is 12.2 Å². The molecule has 1 unspecified atom stereocenters. The van der Waals surface area contributed by atoms with Crippen molar-refractivity contribution in [2.75, 3.05) is 19.6 Å². The summed E-state index contributed by atoms with van der Waals surface area (Å²) in [6, 6.07) is 0.0419. The van der Waals surface area contributed by atoms with E-state index in [9.17, 15) is 4.79 Å². The summed E-state index contributed by atoms with van der Waals surface area (Å²) in [5.74, 6) is 0.181. The molecule has 0 aliphatic carbocycles. The second-order valence-electron chi connectivity index (χ2n) is 3.77. The van der Waals surface area contributed by atoms with Gasteiger partial charge in [-0.15, -0.1) is 0 Å². The van der Waals surface area contributed by atoms with Gasteiger partial charge in [0.1, 0.15) is 6.04 Å². The Morgan fingerprint density at radius 1 is 1.57 bits per heavy atom. The molecule has 0 aromatic heterocycles. The lowest BCUT2D eigenvalue weighted by atomic mass is 10.2. The van der Waals surface area contributed by atoms with Crippen LogP contribution in [0.2, 0.25) is 0 Å². The number of rotatable bonds is 3. The van der Waals surface area contributed by atoms with E-state index in [1.54, 1.807) is 4.90 Å². The molecule has 2 N–H and O–H groups in total. The largest absolute Gasteiger partial charge is 0.337 e. The Morgan fingerprint density at radius 3 is 3.00 bits per heavy atom. The highest BCUT2D eigenvalue weighted by molar-refractivity contribution is 7.80. The van der Waals surface area contributed by atoms with E-state index in [0.717, 1.165) is 25.8 Å². The quantitative estimate of drug-likeness (QED) is 0.667. The van der Waals surface area contributed by atoms with Crippen LogP contribution in [-0.2, 0) is 4.79 Å². The number of hydrogen-bond acceptors (Lipinski definition) is 3. The summed E-state index contributed by atoms with van der Waals surface area (Å²) in [4.78, 5) is 15.6. The van der Waals surface area contributed by atoms with Gasteiger partial charge in [0.05, 0.1) is 0 Å². The van der Waals surface area contributed by atoms with Crippen LogP contribution in [0.15, 0.2) is 0 Å². The summed E-state index contributed by atoms with van der Waals surface area (Å²) >= 11 is 5.26. The highest BCUT2D eigenvalue weighted by Gasteiger charge is 2.44. The van der Waals surface area contributed by atoms with Crippen molar-refractivity contribution in [1.82, 2.24) is 9.80 Å². The molecular formula is C9H15N3OS. The summed E-state index contributed by atoms with van der Waals surface area (Å²) in [6.07, 6.45) is 2.87. The van der Waals surface area contributed by atoms with Gasteiger partial charge < -0.3 is 10.6 Å². The average Bonchev–Trinajstić information content (AvgIpc) is 2.72. The van der Waals surface area contributed by atoms with Crippen LogP contribution in [-0.4, -0.2) is 46.5 Å². The second kappa shape index (κ2) is 3.82. The number of amides is 1. The number of fused-ring (bicyclic) bond motifs is 1. The van der Waals surface area contributed by atoms with Crippen molar-refractivity contribution in [3.8, 4) is 0 Å². The van der Waals surface area contributed by atoms with Crippen LogP contribution in [0.5, 0.6) is 0 Å². The number of nitrogens with zero attached hydrogens (tertiary/aromatic N) is 2. The first-order valence-corrected chi connectivity index (χ1v) is 5.48. The first-order valence-electron chi connectivity index (χ1n) is 5.07. The Bertz CT molecular complexity index is 247. The number of carbonyl (C=O) groups is 1. The molecule has 4 nitrogen and oxygen atoms in total. The predicted molar refractivity (Wildman–Crippen MR) is 57.7 cm³/mol. The van der Waals surface area contributed by atoms with Gasteiger partial charge in [0, 0.05) is 13.1 Å². The molecule has 2 fully saturated rings. The molecule has 0 saturated carbocycles. The Balaban J connectivity index is 2.06. The molecule has 0 aromatic rings. The van der Waals surface area contributed by atoms with Gasteiger partial charge in [-0.1, -0.05) is 0 Å². The van der Waals surface area contributed by atoms with Crippen LogP contribution in [0, 0.1) is 0 Å². The third-order valence-corrected chi connectivity index (χ3v) is 3.32. The SMILES string of the molecule is NCCCN1C(=O)C2CCCN2C1=S. The summed E-state index contributed by atoms with van der Waals surface area (Å²) in [7, 11) is 0. The number of nitrogens with two attached hydrogens (primary N) is 1. The molecule has 0 aromatic carbocycles. The van der Waals surface area contributed by atoms with Gasteiger partial charge in [-0.05, 0) is 38.0 Å². The fourth-order valence-electron chi connectivity index (χ4n) is 2.14. The van der Waals surface area contributed by atoms with Crippen molar-refractivity contribution in [2.45, 2.75) is 25.3 Å². The summed E-state index contributed by atoms with van der Waals surface area (Å²) < 4.78 is 0. The third-order valence-electron chi connectivity index (χ3n) is 2.87. The lowest BCUT2D eigenvalue weighted by Crippen LogP contribution is -2.34. The van der Waals surface area contributed by atoms with Crippen molar-refractivity contribution in [2.24, 2.45) is 5.73 Å². The summed E-state index contributed by atoms with van der Waals surface area (Å²) in [6.45, 7) is 2.23. The molecule has 1 atom stereocenters. The minimum Gasteiger partial charge on any atom is -0.337 e. The Morgan fingerprint density at radius 2 is 2.36 bits per heavy atom. The molecular weight excluding hydrogens is 198 g/mol. The lowest BCUT2D eigenvalue weighted by molar-refractivity contribution is -0.127. The topological polar surface area (TPSA) is 49.6 Å². The van der Waals surface area contributed by atoms with E-state index >= 15 is 0 Å². The Kier molecular flexibility index (Phi) is 2.69. The van der Waals surface area contributed by atoms with Gasteiger partial charge >= 0.3 is 0 Å². The van der Waals surface area contributed by atoms with Gasteiger partial charge in [-0.2, -0.15) is 0 Å². The van der Waals surface area contributed by atoms with E-state index in [1.165, 1.54) is 0 Å². The molecule has 1 amide bonds.